The molecule has 0 heterocycles. The number of esters is 1. The van der Waals surface area contributed by atoms with Gasteiger partial charge < -0.3 is 20.3 Å². The Balaban J connectivity index is 3.41. The molecule has 2 unspecified atom stereocenters. The van der Waals surface area contributed by atoms with Crippen molar-refractivity contribution in [2.45, 2.75) is 437 Å². The molecule has 0 radical (unpaired) electrons. The molecule has 0 aliphatic rings. The summed E-state index contributed by atoms with van der Waals surface area (Å²) >= 11 is 0. The Bertz CT molecular complexity index is 1520. The fraction of sp³-hybridized carbons (Fsp3) is 0.854. The van der Waals surface area contributed by atoms with E-state index < -0.39 is 12.1 Å². The molecule has 6 nitrogen and oxygen atoms in total. The molecule has 0 aromatic carbocycles. The summed E-state index contributed by atoms with van der Waals surface area (Å²) < 4.78 is 5.51. The van der Waals surface area contributed by atoms with Crippen LogP contribution in [0.25, 0.3) is 0 Å². The minimum Gasteiger partial charge on any atom is -0.466 e. The second-order valence-corrected chi connectivity index (χ2v) is 27.0. The van der Waals surface area contributed by atoms with Crippen molar-refractivity contribution in [2.75, 3.05) is 13.2 Å². The summed E-state index contributed by atoms with van der Waals surface area (Å²) in [6.45, 7) is 4.91. The van der Waals surface area contributed by atoms with Gasteiger partial charge in [0.05, 0.1) is 25.4 Å². The summed E-state index contributed by atoms with van der Waals surface area (Å²) in [4.78, 5) is 24.7. The van der Waals surface area contributed by atoms with Crippen LogP contribution in [-0.2, 0) is 14.3 Å². The van der Waals surface area contributed by atoms with Crippen LogP contribution in [0, 0.1) is 0 Å². The smallest absolute Gasteiger partial charge is 0.305 e. The lowest BCUT2D eigenvalue weighted by atomic mass is 10.0. The lowest BCUT2D eigenvalue weighted by Crippen LogP contribution is -2.45. The van der Waals surface area contributed by atoms with Crippen LogP contribution in [0.5, 0.6) is 0 Å². The van der Waals surface area contributed by atoms with Crippen molar-refractivity contribution in [3.05, 3.63) is 60.8 Å². The quantitative estimate of drug-likeness (QED) is 0.0320. The number of aliphatic hydroxyl groups excluding tert-OH is 2. The van der Waals surface area contributed by atoms with Gasteiger partial charge in [-0.05, 0) is 96.3 Å². The van der Waals surface area contributed by atoms with Gasteiger partial charge in [0.25, 0.3) is 0 Å². The molecule has 0 saturated heterocycles. The van der Waals surface area contributed by atoms with E-state index in [2.05, 4.69) is 67.8 Å². The lowest BCUT2D eigenvalue weighted by molar-refractivity contribution is -0.143. The number of ether oxygens (including phenoxy) is 1. The monoisotopic (exact) mass is 1230 g/mol. The molecule has 0 bridgehead atoms. The number of aliphatic hydroxyl groups is 2. The first kappa shape index (κ1) is 85.6. The summed E-state index contributed by atoms with van der Waals surface area (Å²) in [6.07, 6.45) is 103. The molecular weight excluding hydrogens is 1080 g/mol. The van der Waals surface area contributed by atoms with Crippen molar-refractivity contribution in [3.63, 3.8) is 0 Å². The van der Waals surface area contributed by atoms with Crippen molar-refractivity contribution in [3.8, 4) is 0 Å². The molecule has 6 heteroatoms. The Labute approximate surface area is 549 Å². The first-order valence-electron chi connectivity index (χ1n) is 39.6. The van der Waals surface area contributed by atoms with Gasteiger partial charge in [-0.1, -0.05) is 376 Å². The first-order valence-corrected chi connectivity index (χ1v) is 39.6. The topological polar surface area (TPSA) is 95.9 Å². The van der Waals surface area contributed by atoms with E-state index >= 15 is 0 Å². The van der Waals surface area contributed by atoms with E-state index in [0.717, 1.165) is 57.8 Å². The van der Waals surface area contributed by atoms with Crippen molar-refractivity contribution < 1.29 is 24.5 Å². The van der Waals surface area contributed by atoms with E-state index in [1.54, 1.807) is 6.08 Å². The third-order valence-electron chi connectivity index (χ3n) is 18.3. The van der Waals surface area contributed by atoms with Gasteiger partial charge in [-0.25, -0.2) is 0 Å². The number of unbranched alkanes of at least 4 members (excludes halogenated alkanes) is 55. The fourth-order valence-electron chi connectivity index (χ4n) is 12.2. The average molecular weight is 1230 g/mol. The summed E-state index contributed by atoms with van der Waals surface area (Å²) in [6, 6.07) is -0.630. The largest absolute Gasteiger partial charge is 0.466 e. The number of hydrogen-bond acceptors (Lipinski definition) is 5. The lowest BCUT2D eigenvalue weighted by Gasteiger charge is -2.20. The molecule has 0 fully saturated rings. The highest BCUT2D eigenvalue weighted by atomic mass is 16.5. The van der Waals surface area contributed by atoms with E-state index in [0.29, 0.717) is 19.4 Å². The number of allylic oxidation sites excluding steroid dienone is 9. The molecule has 0 spiro atoms. The predicted molar refractivity (Wildman–Crippen MR) is 389 cm³/mol. The Morgan fingerprint density at radius 2 is 0.568 bits per heavy atom. The second-order valence-electron chi connectivity index (χ2n) is 27.0. The van der Waals surface area contributed by atoms with E-state index in [1.165, 1.54) is 340 Å². The Hall–Kier alpha value is -2.44. The maximum atomic E-state index is 12.5. The van der Waals surface area contributed by atoms with Gasteiger partial charge in [-0.3, -0.25) is 9.59 Å². The van der Waals surface area contributed by atoms with Crippen LogP contribution in [-0.4, -0.2) is 47.4 Å². The average Bonchev–Trinajstić information content (AvgIpc) is 3.57. The van der Waals surface area contributed by atoms with Crippen molar-refractivity contribution >= 4 is 11.9 Å². The number of carbonyl (C=O) groups is 2. The van der Waals surface area contributed by atoms with Gasteiger partial charge in [0, 0.05) is 12.8 Å². The maximum absolute atomic E-state index is 12.5. The zero-order chi connectivity index (χ0) is 63.5. The maximum Gasteiger partial charge on any atom is 0.305 e. The van der Waals surface area contributed by atoms with E-state index in [-0.39, 0.29) is 18.5 Å². The molecule has 516 valence electrons. The van der Waals surface area contributed by atoms with Crippen molar-refractivity contribution in [1.29, 1.82) is 0 Å². The molecule has 0 saturated carbocycles. The molecule has 1 amide bonds. The van der Waals surface area contributed by atoms with Crippen LogP contribution >= 0.6 is 0 Å². The molecule has 0 rings (SSSR count). The molecule has 88 heavy (non-hydrogen) atoms. The third kappa shape index (κ3) is 72.6. The van der Waals surface area contributed by atoms with Gasteiger partial charge in [0.15, 0.2) is 0 Å². The van der Waals surface area contributed by atoms with Crippen molar-refractivity contribution in [1.82, 2.24) is 5.32 Å². The summed E-state index contributed by atoms with van der Waals surface area (Å²) in [5, 5.41) is 23.3. The standard InChI is InChI=1S/C82H153NO5/c1-3-5-7-9-11-13-15-17-19-21-23-35-39-42-46-50-54-58-62-66-70-74-80(85)79(78-84)83-81(86)75-71-67-63-59-55-51-47-43-40-36-33-31-29-27-25-24-26-28-30-32-34-37-41-45-49-53-57-61-65-69-73-77-88-82(87)76-72-68-64-60-56-52-48-44-38-22-20-18-16-14-12-10-8-6-4-2/h12,14,18,20,26,28,32,34,70,74,79-80,84-85H,3-11,13,15-17,19,21-25,27,29-31,33,35-69,71-73,75-78H2,1-2H3,(H,83,86)/b14-12-,20-18-,28-26-,34-32-,74-70+. The van der Waals surface area contributed by atoms with Crippen LogP contribution in [0.4, 0.5) is 0 Å². The third-order valence-corrected chi connectivity index (χ3v) is 18.3. The first-order chi connectivity index (χ1) is 43.5. The SMILES string of the molecule is CCCCC/C=C\C/C=C\CCCCCCCCCCCC(=O)OCCCCCCCCCCC/C=C\C/C=C\CCCCCCCCCCCCCCCCCC(=O)NC(CO)C(O)/C=C/CCCCCCCCCCCCCCCCCCCCC. The number of amides is 1. The number of nitrogens with one attached hydrogen (secondary N) is 1. The van der Waals surface area contributed by atoms with Gasteiger partial charge in [-0.15, -0.1) is 0 Å². The molecule has 2 atom stereocenters. The highest BCUT2D eigenvalue weighted by molar-refractivity contribution is 5.76. The van der Waals surface area contributed by atoms with Crippen LogP contribution < -0.4 is 5.32 Å². The van der Waals surface area contributed by atoms with E-state index in [4.69, 9.17) is 4.74 Å². The zero-order valence-electron chi connectivity index (χ0n) is 59.2. The number of carbonyl (C=O) groups excluding carboxylic acids is 2. The van der Waals surface area contributed by atoms with Gasteiger partial charge in [-0.2, -0.15) is 0 Å². The molecule has 0 aromatic heterocycles. The Kier molecular flexibility index (Phi) is 74.9. The second kappa shape index (κ2) is 77.0. The van der Waals surface area contributed by atoms with Gasteiger partial charge >= 0.3 is 5.97 Å². The normalized spacial score (nSPS) is 12.8. The molecule has 0 aliphatic carbocycles. The van der Waals surface area contributed by atoms with Crippen LogP contribution in [0.1, 0.15) is 425 Å². The van der Waals surface area contributed by atoms with Crippen LogP contribution in [0.15, 0.2) is 60.8 Å². The summed E-state index contributed by atoms with van der Waals surface area (Å²) in [5.74, 6) is -0.0544. The predicted octanol–water partition coefficient (Wildman–Crippen LogP) is 26.2. The fourth-order valence-corrected chi connectivity index (χ4v) is 12.2. The van der Waals surface area contributed by atoms with E-state index in [1.807, 2.05) is 6.08 Å². The molecular formula is C82H153NO5. The van der Waals surface area contributed by atoms with Crippen LogP contribution in [0.3, 0.4) is 0 Å². The van der Waals surface area contributed by atoms with E-state index in [9.17, 15) is 19.8 Å². The molecule has 0 aliphatic heterocycles. The highest BCUT2D eigenvalue weighted by Gasteiger charge is 2.18. The minimum absolute atomic E-state index is 0.00939. The zero-order valence-corrected chi connectivity index (χ0v) is 59.2. The van der Waals surface area contributed by atoms with Gasteiger partial charge in [0.2, 0.25) is 5.91 Å². The summed E-state index contributed by atoms with van der Waals surface area (Å²) in [7, 11) is 0. The number of rotatable bonds is 74. The molecule has 0 aromatic rings. The summed E-state index contributed by atoms with van der Waals surface area (Å²) in [5.41, 5.74) is 0. The molecule has 3 N–H and O–H groups in total. The van der Waals surface area contributed by atoms with Gasteiger partial charge in [0.1, 0.15) is 0 Å². The Morgan fingerprint density at radius 3 is 0.886 bits per heavy atom. The Morgan fingerprint density at radius 1 is 0.318 bits per heavy atom. The van der Waals surface area contributed by atoms with Crippen molar-refractivity contribution in [2.24, 2.45) is 0 Å². The number of hydrogen-bond donors (Lipinski definition) is 3. The van der Waals surface area contributed by atoms with Crippen LogP contribution in [0.2, 0.25) is 0 Å². The highest BCUT2D eigenvalue weighted by Crippen LogP contribution is 2.19. The minimum atomic E-state index is -0.846.